The zero-order valence-electron chi connectivity index (χ0n) is 17.9. The molecule has 4 aromatic rings. The van der Waals surface area contributed by atoms with E-state index in [0.717, 1.165) is 23.1 Å². The van der Waals surface area contributed by atoms with Crippen LogP contribution in [0.5, 0.6) is 0 Å². The van der Waals surface area contributed by atoms with E-state index in [1.807, 2.05) is 47.4 Å². The van der Waals surface area contributed by atoms with Gasteiger partial charge in [0.15, 0.2) is 0 Å². The summed E-state index contributed by atoms with van der Waals surface area (Å²) in [5.41, 5.74) is 3.19. The Bertz CT molecular complexity index is 1290. The van der Waals surface area contributed by atoms with E-state index in [1.165, 1.54) is 0 Å². The predicted octanol–water partition coefficient (Wildman–Crippen LogP) is 4.64. The first-order chi connectivity index (χ1) is 16.1. The van der Waals surface area contributed by atoms with Crippen molar-refractivity contribution in [1.29, 1.82) is 0 Å². The van der Waals surface area contributed by atoms with Crippen molar-refractivity contribution in [2.75, 3.05) is 11.4 Å². The van der Waals surface area contributed by atoms with Crippen LogP contribution in [0.2, 0.25) is 5.02 Å². The van der Waals surface area contributed by atoms with E-state index in [2.05, 4.69) is 17.1 Å². The molecule has 166 valence electrons. The van der Waals surface area contributed by atoms with E-state index in [1.54, 1.807) is 35.2 Å². The highest BCUT2D eigenvalue weighted by atomic mass is 35.5. The molecule has 3 heterocycles. The van der Waals surface area contributed by atoms with E-state index in [4.69, 9.17) is 16.6 Å². The fraction of sp³-hybridized carbons (Fsp3) is 0.192. The van der Waals surface area contributed by atoms with Gasteiger partial charge in [0.1, 0.15) is 0 Å². The Morgan fingerprint density at radius 3 is 2.48 bits per heavy atom. The van der Waals surface area contributed by atoms with Crippen LogP contribution in [0.4, 0.5) is 5.95 Å². The van der Waals surface area contributed by atoms with Crippen molar-refractivity contribution in [3.05, 3.63) is 112 Å². The quantitative estimate of drug-likeness (QED) is 0.471. The number of benzene rings is 2. The Morgan fingerprint density at radius 2 is 1.76 bits per heavy atom. The van der Waals surface area contributed by atoms with Crippen LogP contribution in [0.15, 0.2) is 90.0 Å². The van der Waals surface area contributed by atoms with E-state index in [0.29, 0.717) is 23.2 Å². The van der Waals surface area contributed by atoms with E-state index in [9.17, 15) is 9.90 Å². The molecule has 2 unspecified atom stereocenters. The topological polar surface area (TPSA) is 71.2 Å². The Hall–Kier alpha value is -3.48. The lowest BCUT2D eigenvalue weighted by molar-refractivity contribution is 0.176. The molecule has 0 fully saturated rings. The molecule has 0 spiro atoms. The molecule has 0 aliphatic carbocycles. The van der Waals surface area contributed by atoms with E-state index >= 15 is 0 Å². The van der Waals surface area contributed by atoms with Crippen molar-refractivity contribution in [1.82, 2.24) is 14.5 Å². The van der Waals surface area contributed by atoms with Crippen LogP contribution in [0, 0.1) is 0 Å². The van der Waals surface area contributed by atoms with Crippen molar-refractivity contribution in [2.45, 2.75) is 25.1 Å². The molecule has 2 atom stereocenters. The molecule has 0 radical (unpaired) electrons. The van der Waals surface area contributed by atoms with Gasteiger partial charge in [-0.2, -0.15) is 0 Å². The van der Waals surface area contributed by atoms with Gasteiger partial charge in [0.2, 0.25) is 5.95 Å². The van der Waals surface area contributed by atoms with Crippen LogP contribution >= 0.6 is 11.6 Å². The molecule has 0 saturated carbocycles. The first-order valence-corrected chi connectivity index (χ1v) is 11.3. The van der Waals surface area contributed by atoms with Crippen molar-refractivity contribution in [2.24, 2.45) is 0 Å². The number of anilines is 1. The predicted molar refractivity (Wildman–Crippen MR) is 129 cm³/mol. The van der Waals surface area contributed by atoms with Crippen LogP contribution in [-0.2, 0) is 6.54 Å². The lowest BCUT2D eigenvalue weighted by Gasteiger charge is -2.39. The maximum absolute atomic E-state index is 13.0. The number of hydrogen-bond acceptors (Lipinski definition) is 5. The zero-order valence-corrected chi connectivity index (χ0v) is 18.6. The molecular formula is C26H23ClN4O2. The van der Waals surface area contributed by atoms with Gasteiger partial charge in [-0.3, -0.25) is 14.3 Å². The van der Waals surface area contributed by atoms with Gasteiger partial charge in [-0.15, -0.1) is 0 Å². The molecule has 5 rings (SSSR count). The zero-order chi connectivity index (χ0) is 22.8. The molecule has 1 aliphatic rings. The standard InChI is InChI=1S/C26H23ClN4O2/c27-21-8-6-20(7-9-21)24(32)17-31-23(19-4-2-1-3-5-19)12-15-30-25(33)16-22(29-26(30)31)18-10-13-28-14-11-18/h1-11,13-14,16,23-24,32H,12,15,17H2. The monoisotopic (exact) mass is 458 g/mol. The molecule has 7 heteroatoms. The Labute approximate surface area is 196 Å². The van der Waals surface area contributed by atoms with E-state index < -0.39 is 6.10 Å². The average Bonchev–Trinajstić information content (AvgIpc) is 2.85. The minimum Gasteiger partial charge on any atom is -0.387 e. The molecule has 1 N–H and O–H groups in total. The lowest BCUT2D eigenvalue weighted by atomic mass is 9.99. The summed E-state index contributed by atoms with van der Waals surface area (Å²) in [5.74, 6) is 0.558. The second kappa shape index (κ2) is 9.17. The van der Waals surface area contributed by atoms with Gasteiger partial charge < -0.3 is 10.0 Å². The molecule has 6 nitrogen and oxygen atoms in total. The number of aromatic nitrogens is 3. The molecular weight excluding hydrogens is 436 g/mol. The second-order valence-corrected chi connectivity index (χ2v) is 8.54. The van der Waals surface area contributed by atoms with Gasteiger partial charge in [-0.1, -0.05) is 54.1 Å². The van der Waals surface area contributed by atoms with E-state index in [-0.39, 0.29) is 18.1 Å². The van der Waals surface area contributed by atoms with Gasteiger partial charge in [-0.05, 0) is 41.8 Å². The van der Waals surface area contributed by atoms with Crippen molar-refractivity contribution in [3.63, 3.8) is 0 Å². The first kappa shape index (κ1) is 21.4. The third-order valence-electron chi connectivity index (χ3n) is 6.03. The number of aliphatic hydroxyl groups excluding tert-OH is 1. The van der Waals surface area contributed by atoms with Crippen molar-refractivity contribution < 1.29 is 5.11 Å². The van der Waals surface area contributed by atoms with Gasteiger partial charge in [0.25, 0.3) is 5.56 Å². The minimum atomic E-state index is -0.776. The van der Waals surface area contributed by atoms with Gasteiger partial charge in [0, 0.05) is 35.6 Å². The summed E-state index contributed by atoms with van der Waals surface area (Å²) in [5, 5.41) is 11.7. The Kier molecular flexibility index (Phi) is 5.94. The summed E-state index contributed by atoms with van der Waals surface area (Å²) in [6.45, 7) is 0.846. The highest BCUT2D eigenvalue weighted by Gasteiger charge is 2.31. The van der Waals surface area contributed by atoms with Gasteiger partial charge >= 0.3 is 0 Å². The normalized spacial score (nSPS) is 16.3. The number of hydrogen-bond donors (Lipinski definition) is 1. The molecule has 1 aliphatic heterocycles. The summed E-state index contributed by atoms with van der Waals surface area (Å²) in [7, 11) is 0. The average molecular weight is 459 g/mol. The lowest BCUT2D eigenvalue weighted by Crippen LogP contribution is -2.42. The third kappa shape index (κ3) is 4.40. The van der Waals surface area contributed by atoms with Crippen LogP contribution in [-0.4, -0.2) is 26.2 Å². The molecule has 33 heavy (non-hydrogen) atoms. The fourth-order valence-corrected chi connectivity index (χ4v) is 4.47. The smallest absolute Gasteiger partial charge is 0.255 e. The number of pyridine rings is 1. The van der Waals surface area contributed by atoms with Gasteiger partial charge in [-0.25, -0.2) is 4.98 Å². The largest absolute Gasteiger partial charge is 0.387 e. The third-order valence-corrected chi connectivity index (χ3v) is 6.28. The summed E-state index contributed by atoms with van der Waals surface area (Å²) in [6.07, 6.45) is 3.33. The summed E-state index contributed by atoms with van der Waals surface area (Å²) in [4.78, 5) is 24.0. The maximum atomic E-state index is 13.0. The Morgan fingerprint density at radius 1 is 1.03 bits per heavy atom. The van der Waals surface area contributed by atoms with Crippen LogP contribution in [0.25, 0.3) is 11.3 Å². The van der Waals surface area contributed by atoms with Crippen LogP contribution in [0.1, 0.15) is 29.7 Å². The van der Waals surface area contributed by atoms with Crippen LogP contribution < -0.4 is 10.5 Å². The van der Waals surface area contributed by atoms with Crippen LogP contribution in [0.3, 0.4) is 0 Å². The number of halogens is 1. The first-order valence-electron chi connectivity index (χ1n) is 10.9. The highest BCUT2D eigenvalue weighted by molar-refractivity contribution is 6.30. The molecule has 2 aromatic carbocycles. The Balaban J connectivity index is 1.59. The second-order valence-electron chi connectivity index (χ2n) is 8.10. The number of rotatable bonds is 5. The fourth-order valence-electron chi connectivity index (χ4n) is 4.35. The summed E-state index contributed by atoms with van der Waals surface area (Å²) < 4.78 is 1.69. The molecule has 0 saturated heterocycles. The maximum Gasteiger partial charge on any atom is 0.255 e. The molecule has 0 bridgehead atoms. The van der Waals surface area contributed by atoms with Gasteiger partial charge in [0.05, 0.1) is 24.4 Å². The summed E-state index contributed by atoms with van der Waals surface area (Å²) in [6, 6.07) is 22.5. The number of nitrogens with zero attached hydrogens (tertiary/aromatic N) is 4. The van der Waals surface area contributed by atoms with Crippen molar-refractivity contribution >= 4 is 17.5 Å². The summed E-state index contributed by atoms with van der Waals surface area (Å²) >= 11 is 6.03. The SMILES string of the molecule is O=c1cc(-c2ccncc2)nc2n1CCC(c1ccccc1)N2CC(O)c1ccc(Cl)cc1. The van der Waals surface area contributed by atoms with Crippen molar-refractivity contribution in [3.8, 4) is 11.3 Å². The molecule has 0 amide bonds. The number of β-amino-alcohol motifs (C(OH)–C–C–N with tert-alkyl or cyclic N) is 1. The molecule has 2 aromatic heterocycles. The number of fused-ring (bicyclic) bond motifs is 1. The number of aliphatic hydroxyl groups is 1. The highest BCUT2D eigenvalue weighted by Crippen LogP contribution is 2.35. The minimum absolute atomic E-state index is 0.0206.